The van der Waals surface area contributed by atoms with Gasteiger partial charge in [0, 0.05) is 128 Å². The number of carbonyl (C=O) groups is 16. The van der Waals surface area contributed by atoms with Crippen LogP contribution in [0.1, 0.15) is 166 Å². The summed E-state index contributed by atoms with van der Waals surface area (Å²) in [6.07, 6.45) is -16.6. The van der Waals surface area contributed by atoms with Crippen LogP contribution in [-0.2, 0) is 197 Å². The third-order valence-electron chi connectivity index (χ3n) is 21.8. The van der Waals surface area contributed by atoms with Crippen molar-refractivity contribution in [3.8, 4) is 0 Å². The topological polar surface area (TPSA) is 552 Å². The molecule has 4 N–H and O–H groups in total. The molecule has 15 atom stereocenters. The van der Waals surface area contributed by atoms with Gasteiger partial charge in [-0.2, -0.15) is 0 Å². The molecule has 45 nitrogen and oxygen atoms in total. The molecule has 3 saturated heterocycles. The van der Waals surface area contributed by atoms with Gasteiger partial charge in [-0.1, -0.05) is 30.3 Å². The molecule has 0 aromatic heterocycles. The van der Waals surface area contributed by atoms with Crippen LogP contribution in [0, 0.1) is 16.2 Å². The van der Waals surface area contributed by atoms with Gasteiger partial charge in [-0.05, 0) is 79.6 Å². The number of esters is 12. The van der Waals surface area contributed by atoms with E-state index < -0.39 is 211 Å². The van der Waals surface area contributed by atoms with Crippen molar-refractivity contribution >= 4 is 95.4 Å². The maximum atomic E-state index is 14.3. The molecule has 8 rings (SSSR count). The highest BCUT2D eigenvalue weighted by Gasteiger charge is 2.68. The molecule has 0 radical (unpaired) electrons. The van der Waals surface area contributed by atoms with Crippen LogP contribution < -0.4 is 21.3 Å². The molecule has 0 spiro atoms. The van der Waals surface area contributed by atoms with Crippen molar-refractivity contribution in [3.05, 3.63) is 35.9 Å². The van der Waals surface area contributed by atoms with E-state index in [-0.39, 0.29) is 162 Å². The quantitative estimate of drug-likeness (QED) is 0.0412. The number of benzene rings is 1. The zero-order valence-corrected chi connectivity index (χ0v) is 76.8. The van der Waals surface area contributed by atoms with Crippen LogP contribution in [0.4, 0.5) is 4.79 Å². The minimum absolute atomic E-state index is 0.0237. The lowest BCUT2D eigenvalue weighted by molar-refractivity contribution is -0.309. The van der Waals surface area contributed by atoms with E-state index in [1.54, 1.807) is 0 Å². The predicted molar refractivity (Wildman–Crippen MR) is 443 cm³/mol. The molecule has 0 unspecified atom stereocenters. The minimum Gasteiger partial charge on any atom is -0.463 e. The lowest BCUT2D eigenvalue weighted by atomic mass is 9.35. The van der Waals surface area contributed by atoms with Gasteiger partial charge >= 0.3 is 77.7 Å². The minimum atomic E-state index is -1.43. The summed E-state index contributed by atoms with van der Waals surface area (Å²) >= 11 is 0. The summed E-state index contributed by atoms with van der Waals surface area (Å²) in [6.45, 7) is 12.6. The molecule has 4 bridgehead atoms. The molecule has 4 saturated carbocycles. The number of ether oxygens (including phenoxy) is 25. The van der Waals surface area contributed by atoms with Crippen LogP contribution in [-0.4, -0.2) is 332 Å². The maximum absolute atomic E-state index is 14.3. The summed E-state index contributed by atoms with van der Waals surface area (Å²) < 4.78 is 141. The Balaban J connectivity index is 0.954. The average Bonchev–Trinajstić information content (AvgIpc) is 0.683. The summed E-state index contributed by atoms with van der Waals surface area (Å²) in [4.78, 5) is 202. The standard InChI is InChI=1S/C87H128N4O41/c1-52(92)117-43-65-71(121-55(4)95)74(124-58(7)98)77(127-61(10)101)80(130-65)114-39-36-111-33-30-108-27-24-88-68(104)18-21-84-46-85(22-19-69(105)89-25-28-109-31-34-112-37-40-115-81-78(128-62(11)102)75(125-59(8)99)72(122-56(5)96)66(131-81)44-118-53(2)93)48-86(47-84,51-87(49-84,50-85)91-83(107)120-42-64-16-14-13-15-17-64)23-20-70(106)90-26-29-110-32-35-113-38-41-116-82-79(129-63(12)103)76(126-60(9)100)73(123-57(6)97)67(132-82)45-119-54(3)94/h13-17,65-67,71-82H,18-51H2,1-12H3,(H,88,104)(H,89,105)(H,90,106)(H,91,107)/t65-,66-,67-,71-,72-,73-,74+,75+,76+,77-,78-,79-,80-,81-,82-,84?,85?,86?,87?/m1/s1. The van der Waals surface area contributed by atoms with Gasteiger partial charge in [0.2, 0.25) is 17.7 Å². The highest BCUT2D eigenvalue weighted by atomic mass is 16.8. The average molecular weight is 1890 g/mol. The van der Waals surface area contributed by atoms with Gasteiger partial charge in [-0.3, -0.25) is 71.9 Å². The largest absolute Gasteiger partial charge is 0.463 e. The Hall–Kier alpha value is -9.94. The molecule has 4 aliphatic carbocycles. The van der Waals surface area contributed by atoms with E-state index in [4.69, 9.17) is 118 Å². The van der Waals surface area contributed by atoms with Gasteiger partial charge in [0.05, 0.1) is 99.1 Å². The monoisotopic (exact) mass is 1880 g/mol. The molecular formula is C87H128N4O41. The SMILES string of the molecule is CC(=O)OC[C@H]1O[C@@H](OCCOCCOCCNC(=O)CCC23CC4(CCC(=O)NCCOCCOCCO[C@@H]5O[C@H](COC(C)=O)[C@@H](OC(C)=O)[C@H](OC(C)=O)[C@H]5OC(C)=O)CC(CCC(=O)NCCOCCOCCO[C@@H]5O[C@H](COC(C)=O)[C@@H](OC(C)=O)[C@H](OC(C)=O)[C@H]5OC(C)=O)(C2)CC(NC(=O)OCc2ccccc2)(C3)C4)[C@H](OC(C)=O)[C@@H](OC(C)=O)[C@@H]1OC(C)=O. The molecule has 45 heteroatoms. The third kappa shape index (κ3) is 37.8. The molecule has 1 aromatic carbocycles. The van der Waals surface area contributed by atoms with Crippen molar-refractivity contribution in [3.63, 3.8) is 0 Å². The van der Waals surface area contributed by atoms with Crippen LogP contribution >= 0.6 is 0 Å². The number of carbonyl (C=O) groups excluding carboxylic acids is 16. The molecular weight excluding hydrogens is 1760 g/mol. The first-order valence-electron chi connectivity index (χ1n) is 43.8. The second-order valence-corrected chi connectivity index (χ2v) is 33.1. The zero-order chi connectivity index (χ0) is 96.6. The fraction of sp³-hybridized carbons (Fsp3) is 0.747. The van der Waals surface area contributed by atoms with Crippen molar-refractivity contribution < 1.29 is 195 Å². The van der Waals surface area contributed by atoms with Crippen molar-refractivity contribution in [1.29, 1.82) is 0 Å². The summed E-state index contributed by atoms with van der Waals surface area (Å²) in [7, 11) is 0. The number of rotatable bonds is 57. The maximum Gasteiger partial charge on any atom is 0.407 e. The Labute approximate surface area is 764 Å². The van der Waals surface area contributed by atoms with Crippen molar-refractivity contribution in [1.82, 2.24) is 21.3 Å². The van der Waals surface area contributed by atoms with E-state index >= 15 is 0 Å². The molecule has 132 heavy (non-hydrogen) atoms. The molecule has 3 aliphatic heterocycles. The van der Waals surface area contributed by atoms with Gasteiger partial charge in [0.1, 0.15) is 44.7 Å². The van der Waals surface area contributed by atoms with Crippen LogP contribution in [0.3, 0.4) is 0 Å². The summed E-state index contributed by atoms with van der Waals surface area (Å²) in [5, 5.41) is 12.2. The molecule has 1 aromatic rings. The summed E-state index contributed by atoms with van der Waals surface area (Å²) in [5.41, 5.74) is -1.92. The number of amides is 4. The molecule has 4 amide bonds. The Kier molecular flexibility index (Phi) is 45.5. The highest BCUT2D eigenvalue weighted by molar-refractivity contribution is 5.78. The zero-order valence-electron chi connectivity index (χ0n) is 76.8. The number of hydrogen-bond donors (Lipinski definition) is 4. The normalized spacial score (nSPS) is 27.3. The number of alkyl carbamates (subject to hydrolysis) is 1. The lowest BCUT2D eigenvalue weighted by Crippen LogP contribution is -2.69. The smallest absolute Gasteiger partial charge is 0.407 e. The second kappa shape index (κ2) is 55.0. The fourth-order valence-corrected chi connectivity index (χ4v) is 18.0. The lowest BCUT2D eigenvalue weighted by Gasteiger charge is -2.71. The van der Waals surface area contributed by atoms with Crippen LogP contribution in [0.15, 0.2) is 30.3 Å². The van der Waals surface area contributed by atoms with E-state index in [1.165, 1.54) is 0 Å². The van der Waals surface area contributed by atoms with E-state index in [2.05, 4.69) is 21.3 Å². The number of nitrogens with one attached hydrogen (secondary N) is 4. The molecule has 3 heterocycles. The van der Waals surface area contributed by atoms with Gasteiger partial charge in [0.15, 0.2) is 73.8 Å². The summed E-state index contributed by atoms with van der Waals surface area (Å²) in [5.74, 6) is -10.0. The van der Waals surface area contributed by atoms with E-state index in [1.807, 2.05) is 30.3 Å². The van der Waals surface area contributed by atoms with Crippen molar-refractivity contribution in [2.75, 3.05) is 139 Å². The highest BCUT2D eigenvalue weighted by Crippen LogP contribution is 2.74. The van der Waals surface area contributed by atoms with Gasteiger partial charge in [0.25, 0.3) is 0 Å². The van der Waals surface area contributed by atoms with E-state index in [0.717, 1.165) is 88.6 Å². The Morgan fingerprint density at radius 1 is 0.295 bits per heavy atom. The predicted octanol–water partition coefficient (Wildman–Crippen LogP) is 2.08. The van der Waals surface area contributed by atoms with Crippen LogP contribution in [0.2, 0.25) is 0 Å². The van der Waals surface area contributed by atoms with Gasteiger partial charge in [-0.15, -0.1) is 0 Å². The molecule has 742 valence electrons. The molecule has 7 fully saturated rings. The number of hydrogen-bond acceptors (Lipinski definition) is 41. The second-order valence-electron chi connectivity index (χ2n) is 33.1. The van der Waals surface area contributed by atoms with Crippen molar-refractivity contribution in [2.45, 2.75) is 264 Å². The third-order valence-corrected chi connectivity index (χ3v) is 21.8. The summed E-state index contributed by atoms with van der Waals surface area (Å²) in [6, 6.07) is 9.16. The Bertz CT molecular complexity index is 3610. The van der Waals surface area contributed by atoms with Crippen LogP contribution in [0.25, 0.3) is 0 Å². The first-order valence-corrected chi connectivity index (χ1v) is 43.8. The van der Waals surface area contributed by atoms with Gasteiger partial charge in [-0.25, -0.2) is 4.79 Å². The fourth-order valence-electron chi connectivity index (χ4n) is 18.0. The first-order chi connectivity index (χ1) is 62.8. The van der Waals surface area contributed by atoms with E-state index in [9.17, 15) is 76.7 Å². The van der Waals surface area contributed by atoms with E-state index in [0.29, 0.717) is 57.8 Å². The first kappa shape index (κ1) is 109. The molecule has 7 aliphatic rings. The van der Waals surface area contributed by atoms with Crippen LogP contribution in [0.5, 0.6) is 0 Å². The Morgan fingerprint density at radius 2 is 0.545 bits per heavy atom. The van der Waals surface area contributed by atoms with Crippen molar-refractivity contribution in [2.24, 2.45) is 16.2 Å². The van der Waals surface area contributed by atoms with Gasteiger partial charge < -0.3 is 140 Å². The Morgan fingerprint density at radius 3 is 0.811 bits per heavy atom.